The molecule has 0 bridgehead atoms. The largest absolute Gasteiger partial charge is 0.390 e. The molecule has 1 atom stereocenters. The fraction of sp³-hybridized carbons (Fsp3) is 0.294. The minimum atomic E-state index is -3.54. The molecule has 4 nitrogen and oxygen atoms in total. The number of ether oxygens (including phenoxy) is 1. The molecule has 1 unspecified atom stereocenters. The molecule has 0 saturated carbocycles. The minimum Gasteiger partial charge on any atom is -0.390 e. The summed E-state index contributed by atoms with van der Waals surface area (Å²) < 4.78 is 42.4. The average Bonchev–Trinajstić information content (AvgIpc) is 2.47. The number of halogens is 1. The number of hydrogen-bond acceptors (Lipinski definition) is 4. The van der Waals surface area contributed by atoms with Crippen LogP contribution < -0.4 is 0 Å². The van der Waals surface area contributed by atoms with E-state index in [-0.39, 0.29) is 12.4 Å². The van der Waals surface area contributed by atoms with Crippen molar-refractivity contribution in [1.82, 2.24) is 0 Å². The van der Waals surface area contributed by atoms with Crippen molar-refractivity contribution >= 4 is 9.84 Å². The predicted molar refractivity (Wildman–Crippen MR) is 86.0 cm³/mol. The van der Waals surface area contributed by atoms with Crippen molar-refractivity contribution in [1.29, 1.82) is 0 Å². The van der Waals surface area contributed by atoms with E-state index in [1.807, 2.05) is 30.3 Å². The Hall–Kier alpha value is -1.76. The second-order valence-electron chi connectivity index (χ2n) is 5.34. The van der Waals surface area contributed by atoms with Crippen molar-refractivity contribution in [2.75, 3.05) is 12.4 Å². The molecule has 0 aliphatic carbocycles. The van der Waals surface area contributed by atoms with Gasteiger partial charge in [-0.2, -0.15) is 0 Å². The van der Waals surface area contributed by atoms with Crippen LogP contribution in [0, 0.1) is 5.82 Å². The molecular formula is C17H19FO4S. The van der Waals surface area contributed by atoms with E-state index < -0.39 is 27.5 Å². The van der Waals surface area contributed by atoms with E-state index in [9.17, 15) is 17.9 Å². The maximum atomic E-state index is 13.1. The fourth-order valence-corrected chi connectivity index (χ4v) is 3.66. The molecule has 0 heterocycles. The number of aliphatic hydroxyl groups is 1. The van der Waals surface area contributed by atoms with Crippen molar-refractivity contribution < 1.29 is 22.7 Å². The van der Waals surface area contributed by atoms with E-state index >= 15 is 0 Å². The quantitative estimate of drug-likeness (QED) is 0.802. The van der Waals surface area contributed by atoms with Gasteiger partial charge in [0, 0.05) is 0 Å². The third kappa shape index (κ3) is 6.48. The van der Waals surface area contributed by atoms with Crippen LogP contribution >= 0.6 is 0 Å². The summed E-state index contributed by atoms with van der Waals surface area (Å²) in [6.45, 7) is 0.235. The Balaban J connectivity index is 1.80. The van der Waals surface area contributed by atoms with E-state index in [1.54, 1.807) is 6.07 Å². The van der Waals surface area contributed by atoms with Crippen LogP contribution in [0.15, 0.2) is 54.6 Å². The van der Waals surface area contributed by atoms with Crippen molar-refractivity contribution in [3.05, 3.63) is 71.5 Å². The second-order valence-corrected chi connectivity index (χ2v) is 7.45. The number of sulfone groups is 1. The van der Waals surface area contributed by atoms with Crippen LogP contribution in [0.3, 0.4) is 0 Å². The van der Waals surface area contributed by atoms with Crippen LogP contribution in [0.4, 0.5) is 4.39 Å². The minimum absolute atomic E-state index is 0.0721. The monoisotopic (exact) mass is 338 g/mol. The van der Waals surface area contributed by atoms with Gasteiger partial charge < -0.3 is 9.84 Å². The molecule has 0 aliphatic rings. The number of rotatable bonds is 8. The summed E-state index contributed by atoms with van der Waals surface area (Å²) in [4.78, 5) is 0. The zero-order valence-corrected chi connectivity index (χ0v) is 13.4. The molecular weight excluding hydrogens is 319 g/mol. The lowest BCUT2D eigenvalue weighted by Crippen LogP contribution is -2.26. The average molecular weight is 338 g/mol. The first-order valence-electron chi connectivity index (χ1n) is 7.19. The maximum Gasteiger partial charge on any atom is 0.157 e. The Bertz CT molecular complexity index is 716. The Morgan fingerprint density at radius 2 is 1.74 bits per heavy atom. The van der Waals surface area contributed by atoms with Gasteiger partial charge in [-0.25, -0.2) is 12.8 Å². The summed E-state index contributed by atoms with van der Waals surface area (Å²) in [6, 6.07) is 14.8. The molecule has 124 valence electrons. The topological polar surface area (TPSA) is 63.6 Å². The molecule has 2 aromatic rings. The van der Waals surface area contributed by atoms with Gasteiger partial charge >= 0.3 is 0 Å². The molecule has 0 amide bonds. The van der Waals surface area contributed by atoms with E-state index in [1.165, 1.54) is 18.2 Å². The van der Waals surface area contributed by atoms with E-state index in [4.69, 9.17) is 4.74 Å². The van der Waals surface area contributed by atoms with Crippen molar-refractivity contribution in [2.24, 2.45) is 0 Å². The van der Waals surface area contributed by atoms with E-state index in [0.717, 1.165) is 5.56 Å². The van der Waals surface area contributed by atoms with Crippen molar-refractivity contribution in [3.8, 4) is 0 Å². The van der Waals surface area contributed by atoms with Crippen LogP contribution in [0.1, 0.15) is 11.1 Å². The first-order valence-corrected chi connectivity index (χ1v) is 9.01. The zero-order chi connectivity index (χ0) is 16.7. The summed E-state index contributed by atoms with van der Waals surface area (Å²) in [5, 5.41) is 9.82. The van der Waals surface area contributed by atoms with Crippen molar-refractivity contribution in [2.45, 2.75) is 18.5 Å². The van der Waals surface area contributed by atoms with Gasteiger partial charge in [0.2, 0.25) is 0 Å². The molecule has 6 heteroatoms. The molecule has 0 radical (unpaired) electrons. The van der Waals surface area contributed by atoms with Gasteiger partial charge in [0.05, 0.1) is 30.8 Å². The van der Waals surface area contributed by atoms with Gasteiger partial charge in [-0.1, -0.05) is 42.5 Å². The highest BCUT2D eigenvalue weighted by molar-refractivity contribution is 7.90. The molecule has 1 N–H and O–H groups in total. The maximum absolute atomic E-state index is 13.1. The molecule has 23 heavy (non-hydrogen) atoms. The molecule has 2 aromatic carbocycles. The molecule has 0 fully saturated rings. The van der Waals surface area contributed by atoms with E-state index in [0.29, 0.717) is 12.2 Å². The Labute approximate surface area is 135 Å². The van der Waals surface area contributed by atoms with Crippen LogP contribution in [-0.2, 0) is 26.9 Å². The summed E-state index contributed by atoms with van der Waals surface area (Å²) in [6.07, 6.45) is -1.11. The van der Waals surface area contributed by atoms with Gasteiger partial charge in [0.15, 0.2) is 9.84 Å². The highest BCUT2D eigenvalue weighted by Gasteiger charge is 2.18. The first kappa shape index (κ1) is 17.6. The molecule has 2 rings (SSSR count). The summed E-state index contributed by atoms with van der Waals surface area (Å²) in [5.41, 5.74) is 1.31. The van der Waals surface area contributed by atoms with Gasteiger partial charge in [-0.3, -0.25) is 0 Å². The number of benzene rings is 2. The highest BCUT2D eigenvalue weighted by Crippen LogP contribution is 2.10. The number of aliphatic hydroxyl groups excluding tert-OH is 1. The lowest BCUT2D eigenvalue weighted by molar-refractivity contribution is 0.0390. The first-order chi connectivity index (χ1) is 10.9. The highest BCUT2D eigenvalue weighted by atomic mass is 32.2. The zero-order valence-electron chi connectivity index (χ0n) is 12.6. The Kier molecular flexibility index (Phi) is 6.27. The van der Waals surface area contributed by atoms with Crippen LogP contribution in [0.2, 0.25) is 0 Å². The third-order valence-electron chi connectivity index (χ3n) is 3.14. The summed E-state index contributed by atoms with van der Waals surface area (Å²) in [5.74, 6) is -1.21. The van der Waals surface area contributed by atoms with E-state index in [2.05, 4.69) is 0 Å². The van der Waals surface area contributed by atoms with Crippen molar-refractivity contribution in [3.63, 3.8) is 0 Å². The molecule has 0 saturated heterocycles. The van der Waals surface area contributed by atoms with Gasteiger partial charge in [0.25, 0.3) is 0 Å². The third-order valence-corrected chi connectivity index (χ3v) is 4.81. The smallest absolute Gasteiger partial charge is 0.157 e. The normalized spacial score (nSPS) is 13.0. The summed E-state index contributed by atoms with van der Waals surface area (Å²) >= 11 is 0. The SMILES string of the molecule is O=S(=O)(Cc1cccc(F)c1)CC(O)COCc1ccccc1. The van der Waals surface area contributed by atoms with Gasteiger partial charge in [0.1, 0.15) is 5.82 Å². The molecule has 0 spiro atoms. The van der Waals surface area contributed by atoms with Crippen LogP contribution in [-0.4, -0.2) is 32.0 Å². The fourth-order valence-electron chi connectivity index (χ4n) is 2.17. The van der Waals surface area contributed by atoms with Crippen LogP contribution in [0.25, 0.3) is 0 Å². The molecule has 0 aromatic heterocycles. The van der Waals surface area contributed by atoms with Crippen LogP contribution in [0.5, 0.6) is 0 Å². The van der Waals surface area contributed by atoms with Gasteiger partial charge in [-0.05, 0) is 23.3 Å². The Morgan fingerprint density at radius 1 is 1.04 bits per heavy atom. The Morgan fingerprint density at radius 3 is 2.43 bits per heavy atom. The second kappa shape index (κ2) is 8.19. The standard InChI is InChI=1S/C17H19FO4S/c18-16-8-4-7-15(9-16)12-23(20,21)13-17(19)11-22-10-14-5-2-1-3-6-14/h1-9,17,19H,10-13H2. The lowest BCUT2D eigenvalue weighted by Gasteiger charge is -2.12. The predicted octanol–water partition coefficient (Wildman–Crippen LogP) is 2.32. The summed E-state index contributed by atoms with van der Waals surface area (Å²) in [7, 11) is -3.54. The molecule has 0 aliphatic heterocycles. The van der Waals surface area contributed by atoms with Gasteiger partial charge in [-0.15, -0.1) is 0 Å². The number of hydrogen-bond donors (Lipinski definition) is 1. The lowest BCUT2D eigenvalue weighted by atomic mass is 10.2.